The number of hydrogen-bond acceptors (Lipinski definition) is 5. The van der Waals surface area contributed by atoms with Crippen molar-refractivity contribution in [2.45, 2.75) is 25.0 Å². The van der Waals surface area contributed by atoms with E-state index in [1.165, 1.54) is 0 Å². The maximum absolute atomic E-state index is 14.3. The highest BCUT2D eigenvalue weighted by Crippen LogP contribution is 2.30. The van der Waals surface area contributed by atoms with Gasteiger partial charge in [-0.3, -0.25) is 4.79 Å². The second kappa shape index (κ2) is 13.4. The predicted molar refractivity (Wildman–Crippen MR) is 155 cm³/mol. The molecule has 2 unspecified atom stereocenters. The molecule has 0 aromatic heterocycles. The number of halogens is 2. The SMILES string of the molecule is O=C(C(CNc1cccc(CO)c1)c1ccc(Cl)cc1)C(CNc1cccc(CO)c1)c1ccc(Cl)cc1. The molecule has 4 aromatic rings. The van der Waals surface area contributed by atoms with E-state index in [9.17, 15) is 15.0 Å². The zero-order valence-corrected chi connectivity index (χ0v) is 22.3. The zero-order valence-electron chi connectivity index (χ0n) is 20.8. The van der Waals surface area contributed by atoms with Gasteiger partial charge in [0.15, 0.2) is 5.78 Å². The molecule has 2 atom stereocenters. The summed E-state index contributed by atoms with van der Waals surface area (Å²) in [6.45, 7) is 0.604. The van der Waals surface area contributed by atoms with Gasteiger partial charge in [0, 0.05) is 34.5 Å². The van der Waals surface area contributed by atoms with Gasteiger partial charge in [-0.25, -0.2) is 0 Å². The molecule has 0 aliphatic carbocycles. The summed E-state index contributed by atoms with van der Waals surface area (Å²) >= 11 is 12.3. The molecule has 0 spiro atoms. The van der Waals surface area contributed by atoms with Gasteiger partial charge in [0.25, 0.3) is 0 Å². The Labute approximate surface area is 233 Å². The first-order valence-electron chi connectivity index (χ1n) is 12.4. The lowest BCUT2D eigenvalue weighted by Gasteiger charge is -2.25. The van der Waals surface area contributed by atoms with Crippen molar-refractivity contribution in [3.05, 3.63) is 129 Å². The Morgan fingerprint density at radius 3 is 1.39 bits per heavy atom. The Bertz CT molecular complexity index is 1240. The Morgan fingerprint density at radius 1 is 0.632 bits per heavy atom. The van der Waals surface area contributed by atoms with Gasteiger partial charge in [0.2, 0.25) is 0 Å². The first-order chi connectivity index (χ1) is 18.5. The smallest absolute Gasteiger partial charge is 0.151 e. The molecular formula is C31H30Cl2N2O3. The average molecular weight is 549 g/mol. The third-order valence-electron chi connectivity index (χ3n) is 6.47. The van der Waals surface area contributed by atoms with E-state index in [1.54, 1.807) is 24.3 Å². The Kier molecular flexibility index (Phi) is 9.79. The van der Waals surface area contributed by atoms with Crippen LogP contribution >= 0.6 is 23.2 Å². The molecule has 0 heterocycles. The van der Waals surface area contributed by atoms with Crippen molar-refractivity contribution in [3.63, 3.8) is 0 Å². The van der Waals surface area contributed by atoms with Gasteiger partial charge in [-0.05, 0) is 70.8 Å². The topological polar surface area (TPSA) is 81.6 Å². The Hall–Kier alpha value is -3.35. The zero-order chi connectivity index (χ0) is 26.9. The van der Waals surface area contributed by atoms with Crippen molar-refractivity contribution in [1.82, 2.24) is 0 Å². The van der Waals surface area contributed by atoms with Crippen LogP contribution in [0.5, 0.6) is 0 Å². The fourth-order valence-corrected chi connectivity index (χ4v) is 4.65. The second-order valence-electron chi connectivity index (χ2n) is 9.09. The highest BCUT2D eigenvalue weighted by Gasteiger charge is 2.29. The first-order valence-corrected chi connectivity index (χ1v) is 13.1. The summed E-state index contributed by atoms with van der Waals surface area (Å²) in [7, 11) is 0. The van der Waals surface area contributed by atoms with Crippen LogP contribution in [0.25, 0.3) is 0 Å². The molecule has 4 aromatic carbocycles. The molecule has 0 amide bonds. The molecule has 0 radical (unpaired) electrons. The van der Waals surface area contributed by atoms with E-state index in [4.69, 9.17) is 23.2 Å². The van der Waals surface area contributed by atoms with E-state index in [2.05, 4.69) is 10.6 Å². The maximum Gasteiger partial charge on any atom is 0.151 e. The summed E-state index contributed by atoms with van der Waals surface area (Å²) in [5.41, 5.74) is 4.93. The number of aliphatic hydroxyl groups excluding tert-OH is 2. The van der Waals surface area contributed by atoms with Gasteiger partial charge in [-0.1, -0.05) is 71.7 Å². The van der Waals surface area contributed by atoms with Gasteiger partial charge < -0.3 is 20.8 Å². The van der Waals surface area contributed by atoms with E-state index in [1.807, 2.05) is 72.8 Å². The number of aliphatic hydroxyl groups is 2. The first kappa shape index (κ1) is 27.7. The summed E-state index contributed by atoms with van der Waals surface area (Å²) in [6, 6.07) is 29.7. The van der Waals surface area contributed by atoms with Gasteiger partial charge >= 0.3 is 0 Å². The molecule has 0 saturated heterocycles. The van der Waals surface area contributed by atoms with E-state index >= 15 is 0 Å². The fourth-order valence-electron chi connectivity index (χ4n) is 4.40. The van der Waals surface area contributed by atoms with E-state index < -0.39 is 11.8 Å². The Morgan fingerprint density at radius 2 is 1.03 bits per heavy atom. The van der Waals surface area contributed by atoms with Crippen LogP contribution in [0.2, 0.25) is 10.0 Å². The van der Waals surface area contributed by atoms with Crippen molar-refractivity contribution >= 4 is 40.4 Å². The van der Waals surface area contributed by atoms with Crippen LogP contribution in [0.15, 0.2) is 97.1 Å². The predicted octanol–water partition coefficient (Wildman–Crippen LogP) is 6.64. The summed E-state index contributed by atoms with van der Waals surface area (Å²) in [6.07, 6.45) is 0. The second-order valence-corrected chi connectivity index (χ2v) is 9.96. The lowest BCUT2D eigenvalue weighted by atomic mass is 9.83. The summed E-state index contributed by atoms with van der Waals surface area (Å²) in [5.74, 6) is -0.918. The monoisotopic (exact) mass is 548 g/mol. The number of anilines is 2. The molecule has 7 heteroatoms. The third kappa shape index (κ3) is 7.36. The maximum atomic E-state index is 14.3. The number of nitrogens with one attached hydrogen (secondary N) is 2. The van der Waals surface area contributed by atoms with Crippen molar-refractivity contribution in [3.8, 4) is 0 Å². The molecule has 0 bridgehead atoms. The van der Waals surface area contributed by atoms with E-state index in [0.717, 1.165) is 33.6 Å². The van der Waals surface area contributed by atoms with Crippen molar-refractivity contribution < 1.29 is 15.0 Å². The van der Waals surface area contributed by atoms with Gasteiger partial charge in [-0.15, -0.1) is 0 Å². The minimum Gasteiger partial charge on any atom is -0.392 e. The van der Waals surface area contributed by atoms with Crippen molar-refractivity contribution in [2.75, 3.05) is 23.7 Å². The largest absolute Gasteiger partial charge is 0.392 e. The van der Waals surface area contributed by atoms with Crippen LogP contribution < -0.4 is 10.6 Å². The molecule has 38 heavy (non-hydrogen) atoms. The number of benzene rings is 4. The van der Waals surface area contributed by atoms with E-state index in [0.29, 0.717) is 23.1 Å². The van der Waals surface area contributed by atoms with Gasteiger partial charge in [0.1, 0.15) is 0 Å². The highest BCUT2D eigenvalue weighted by molar-refractivity contribution is 6.30. The number of hydrogen-bond donors (Lipinski definition) is 4. The third-order valence-corrected chi connectivity index (χ3v) is 6.98. The van der Waals surface area contributed by atoms with Crippen molar-refractivity contribution in [1.29, 1.82) is 0 Å². The van der Waals surface area contributed by atoms with Crippen LogP contribution in [0.4, 0.5) is 11.4 Å². The van der Waals surface area contributed by atoms with E-state index in [-0.39, 0.29) is 19.0 Å². The average Bonchev–Trinajstić information content (AvgIpc) is 2.95. The normalized spacial score (nSPS) is 12.5. The quantitative estimate of drug-likeness (QED) is 0.159. The molecule has 0 aliphatic rings. The van der Waals surface area contributed by atoms with Gasteiger partial charge in [-0.2, -0.15) is 0 Å². The number of ketones is 1. The minimum atomic E-state index is -0.476. The highest BCUT2D eigenvalue weighted by atomic mass is 35.5. The standard InChI is InChI=1S/C31H30Cl2N2O3/c32-25-11-7-23(8-12-25)29(17-34-27-5-1-3-21(15-27)19-36)31(38)30(24-9-13-26(33)14-10-24)18-35-28-6-2-4-22(16-28)20-37/h1-16,29-30,34-37H,17-20H2. The molecule has 4 rings (SSSR count). The van der Waals surface area contributed by atoms with Crippen LogP contribution in [-0.2, 0) is 18.0 Å². The Balaban J connectivity index is 1.64. The number of carbonyl (C=O) groups excluding carboxylic acids is 1. The summed E-state index contributed by atoms with van der Waals surface area (Å²) in [5, 5.41) is 27.0. The minimum absolute atomic E-state index is 0.0336. The van der Waals surface area contributed by atoms with Crippen LogP contribution in [0.1, 0.15) is 34.1 Å². The van der Waals surface area contributed by atoms with Crippen LogP contribution in [0.3, 0.4) is 0 Å². The van der Waals surface area contributed by atoms with Crippen LogP contribution in [-0.4, -0.2) is 29.1 Å². The molecule has 0 fully saturated rings. The molecule has 4 N–H and O–H groups in total. The number of Topliss-reactive ketones (excluding diaryl/α,β-unsaturated/α-hetero) is 1. The number of rotatable bonds is 12. The lowest BCUT2D eigenvalue weighted by molar-refractivity contribution is -0.121. The molecular weight excluding hydrogens is 519 g/mol. The lowest BCUT2D eigenvalue weighted by Crippen LogP contribution is -2.30. The molecule has 0 aliphatic heterocycles. The molecule has 5 nitrogen and oxygen atoms in total. The fraction of sp³-hybridized carbons (Fsp3) is 0.194. The molecule has 0 saturated carbocycles. The van der Waals surface area contributed by atoms with Crippen LogP contribution in [0, 0.1) is 0 Å². The molecule has 196 valence electrons. The van der Waals surface area contributed by atoms with Crippen molar-refractivity contribution in [2.24, 2.45) is 0 Å². The summed E-state index contributed by atoms with van der Waals surface area (Å²) in [4.78, 5) is 14.3. The summed E-state index contributed by atoms with van der Waals surface area (Å²) < 4.78 is 0. The number of carbonyl (C=O) groups is 1. The van der Waals surface area contributed by atoms with Gasteiger partial charge in [0.05, 0.1) is 25.0 Å².